The molecule has 1 aromatic rings. The molecule has 4 heteroatoms. The highest BCUT2D eigenvalue weighted by Crippen LogP contribution is 2.39. The second kappa shape index (κ2) is 5.43. The number of rotatable bonds is 4. The van der Waals surface area contributed by atoms with Crippen molar-refractivity contribution in [1.29, 1.82) is 0 Å². The minimum atomic E-state index is -0.590. The summed E-state index contributed by atoms with van der Waals surface area (Å²) in [5, 5.41) is 2.77. The van der Waals surface area contributed by atoms with E-state index in [1.165, 1.54) is 0 Å². The van der Waals surface area contributed by atoms with Crippen LogP contribution in [0.1, 0.15) is 32.3 Å². The third-order valence-electron chi connectivity index (χ3n) is 3.84. The summed E-state index contributed by atoms with van der Waals surface area (Å²) in [6.07, 6.45) is 1.04. The van der Waals surface area contributed by atoms with Crippen molar-refractivity contribution in [2.75, 3.05) is 6.61 Å². The summed E-state index contributed by atoms with van der Waals surface area (Å²) < 4.78 is 5.10. The second-order valence-corrected chi connectivity index (χ2v) is 4.81. The van der Waals surface area contributed by atoms with E-state index in [9.17, 15) is 9.59 Å². The third-order valence-corrected chi connectivity index (χ3v) is 3.84. The fourth-order valence-corrected chi connectivity index (χ4v) is 2.82. The zero-order valence-corrected chi connectivity index (χ0v) is 11.3. The van der Waals surface area contributed by atoms with Crippen LogP contribution in [-0.2, 0) is 19.7 Å². The molecular formula is C15H19NO3. The third kappa shape index (κ3) is 2.35. The van der Waals surface area contributed by atoms with Crippen molar-refractivity contribution in [3.8, 4) is 0 Å². The Morgan fingerprint density at radius 3 is 2.63 bits per heavy atom. The highest BCUT2D eigenvalue weighted by atomic mass is 16.5. The van der Waals surface area contributed by atoms with E-state index < -0.39 is 11.5 Å². The number of benzene rings is 1. The molecule has 102 valence electrons. The van der Waals surface area contributed by atoms with Gasteiger partial charge < -0.3 is 10.1 Å². The molecule has 1 saturated heterocycles. The van der Waals surface area contributed by atoms with Crippen LogP contribution in [0.3, 0.4) is 0 Å². The minimum Gasteiger partial charge on any atom is -0.464 e. The number of esters is 1. The molecule has 1 fully saturated rings. The fourth-order valence-electron chi connectivity index (χ4n) is 2.82. The first-order valence-corrected chi connectivity index (χ1v) is 6.65. The Hall–Kier alpha value is -1.84. The Bertz CT molecular complexity index is 472. The Labute approximate surface area is 113 Å². The fraction of sp³-hybridized carbons (Fsp3) is 0.467. The van der Waals surface area contributed by atoms with Crippen LogP contribution in [0.4, 0.5) is 0 Å². The molecule has 0 saturated carbocycles. The Morgan fingerprint density at radius 1 is 1.37 bits per heavy atom. The van der Waals surface area contributed by atoms with Crippen LogP contribution in [0.5, 0.6) is 0 Å². The maximum Gasteiger partial charge on any atom is 0.329 e. The van der Waals surface area contributed by atoms with Crippen molar-refractivity contribution in [3.63, 3.8) is 0 Å². The number of nitrogens with one attached hydrogen (secondary N) is 1. The van der Waals surface area contributed by atoms with Gasteiger partial charge in [0.15, 0.2) is 0 Å². The predicted molar refractivity (Wildman–Crippen MR) is 71.6 cm³/mol. The Kier molecular flexibility index (Phi) is 3.88. The van der Waals surface area contributed by atoms with Crippen LogP contribution in [0.15, 0.2) is 30.3 Å². The monoisotopic (exact) mass is 261 g/mol. The molecule has 1 aliphatic rings. The maximum absolute atomic E-state index is 12.1. The zero-order chi connectivity index (χ0) is 13.9. The molecule has 19 heavy (non-hydrogen) atoms. The molecule has 0 aliphatic carbocycles. The van der Waals surface area contributed by atoms with E-state index in [0.29, 0.717) is 19.4 Å². The van der Waals surface area contributed by atoms with E-state index in [-0.39, 0.29) is 11.9 Å². The van der Waals surface area contributed by atoms with Gasteiger partial charge in [0.2, 0.25) is 5.91 Å². The van der Waals surface area contributed by atoms with Crippen molar-refractivity contribution < 1.29 is 14.3 Å². The van der Waals surface area contributed by atoms with Crippen LogP contribution in [-0.4, -0.2) is 24.5 Å². The normalized spacial score (nSPS) is 26.0. The second-order valence-electron chi connectivity index (χ2n) is 4.81. The first-order chi connectivity index (χ1) is 9.14. The predicted octanol–water partition coefficient (Wildman–Crippen LogP) is 1.79. The number of carbonyl (C=O) groups is 2. The van der Waals surface area contributed by atoms with Gasteiger partial charge in [0.25, 0.3) is 0 Å². The quantitative estimate of drug-likeness (QED) is 0.841. The van der Waals surface area contributed by atoms with Crippen molar-refractivity contribution >= 4 is 11.9 Å². The molecule has 2 unspecified atom stereocenters. The summed E-state index contributed by atoms with van der Waals surface area (Å²) in [6, 6.07) is 9.13. The lowest BCUT2D eigenvalue weighted by Crippen LogP contribution is -2.47. The van der Waals surface area contributed by atoms with Crippen molar-refractivity contribution in [1.82, 2.24) is 5.32 Å². The highest BCUT2D eigenvalue weighted by molar-refractivity contribution is 5.91. The molecule has 2 atom stereocenters. The van der Waals surface area contributed by atoms with E-state index in [0.717, 1.165) is 5.56 Å². The summed E-state index contributed by atoms with van der Waals surface area (Å²) in [4.78, 5) is 23.9. The number of ether oxygens (including phenoxy) is 1. The molecule has 0 radical (unpaired) electrons. The van der Waals surface area contributed by atoms with E-state index in [1.54, 1.807) is 6.92 Å². The van der Waals surface area contributed by atoms with E-state index in [2.05, 4.69) is 5.32 Å². The Balaban J connectivity index is 2.41. The number of hydrogen-bond donors (Lipinski definition) is 1. The van der Waals surface area contributed by atoms with Gasteiger partial charge in [-0.15, -0.1) is 0 Å². The molecule has 1 N–H and O–H groups in total. The lowest BCUT2D eigenvalue weighted by molar-refractivity contribution is -0.147. The lowest BCUT2D eigenvalue weighted by Gasteiger charge is -2.32. The molecule has 1 aromatic carbocycles. The van der Waals surface area contributed by atoms with Crippen LogP contribution in [0.2, 0.25) is 0 Å². The van der Waals surface area contributed by atoms with Gasteiger partial charge >= 0.3 is 5.97 Å². The summed E-state index contributed by atoms with van der Waals surface area (Å²) in [5.41, 5.74) is 0.513. The molecule has 4 nitrogen and oxygen atoms in total. The molecular weight excluding hydrogens is 242 g/mol. The first kappa shape index (κ1) is 13.6. The number of amides is 1. The minimum absolute atomic E-state index is 0.0937. The molecule has 2 rings (SSSR count). The van der Waals surface area contributed by atoms with Gasteiger partial charge in [-0.3, -0.25) is 4.79 Å². The molecule has 0 bridgehead atoms. The summed E-state index contributed by atoms with van der Waals surface area (Å²) in [7, 11) is 0. The SMILES string of the molecule is CCOC(=O)C1NC(=O)CC1(CC)c1ccccc1. The van der Waals surface area contributed by atoms with Crippen LogP contribution >= 0.6 is 0 Å². The summed E-state index contributed by atoms with van der Waals surface area (Å²) >= 11 is 0. The molecule has 1 amide bonds. The average molecular weight is 261 g/mol. The van der Waals surface area contributed by atoms with Gasteiger partial charge in [-0.25, -0.2) is 4.79 Å². The molecule has 0 aromatic heterocycles. The van der Waals surface area contributed by atoms with E-state index in [4.69, 9.17) is 4.74 Å². The van der Waals surface area contributed by atoms with E-state index >= 15 is 0 Å². The Morgan fingerprint density at radius 2 is 2.05 bits per heavy atom. The maximum atomic E-state index is 12.1. The zero-order valence-electron chi connectivity index (χ0n) is 11.3. The lowest BCUT2D eigenvalue weighted by atomic mass is 9.72. The van der Waals surface area contributed by atoms with Crippen molar-refractivity contribution in [2.24, 2.45) is 0 Å². The smallest absolute Gasteiger partial charge is 0.329 e. The average Bonchev–Trinajstić information content (AvgIpc) is 2.78. The van der Waals surface area contributed by atoms with Crippen LogP contribution in [0, 0.1) is 0 Å². The van der Waals surface area contributed by atoms with Gasteiger partial charge in [0.05, 0.1) is 6.61 Å². The largest absolute Gasteiger partial charge is 0.464 e. The van der Waals surface area contributed by atoms with Gasteiger partial charge in [-0.05, 0) is 18.9 Å². The standard InChI is InChI=1S/C15H19NO3/c1-3-15(11-8-6-5-7-9-11)10-12(17)16-13(15)14(18)19-4-2/h5-9,13H,3-4,10H2,1-2H3,(H,16,17). The van der Waals surface area contributed by atoms with E-state index in [1.807, 2.05) is 37.3 Å². The molecule has 1 aliphatic heterocycles. The van der Waals surface area contributed by atoms with Gasteiger partial charge in [-0.1, -0.05) is 37.3 Å². The summed E-state index contributed by atoms with van der Waals surface area (Å²) in [5.74, 6) is -0.442. The van der Waals surface area contributed by atoms with Gasteiger partial charge in [0, 0.05) is 11.8 Å². The number of carbonyl (C=O) groups excluding carboxylic acids is 2. The molecule has 0 spiro atoms. The van der Waals surface area contributed by atoms with Crippen molar-refractivity contribution in [2.45, 2.75) is 38.1 Å². The first-order valence-electron chi connectivity index (χ1n) is 6.65. The van der Waals surface area contributed by atoms with Crippen molar-refractivity contribution in [3.05, 3.63) is 35.9 Å². The summed E-state index contributed by atoms with van der Waals surface area (Å²) in [6.45, 7) is 4.09. The highest BCUT2D eigenvalue weighted by Gasteiger charge is 2.51. The van der Waals surface area contributed by atoms with Gasteiger partial charge in [0.1, 0.15) is 6.04 Å². The number of hydrogen-bond acceptors (Lipinski definition) is 3. The molecule has 1 heterocycles. The van der Waals surface area contributed by atoms with Crippen LogP contribution < -0.4 is 5.32 Å². The van der Waals surface area contributed by atoms with Crippen LogP contribution in [0.25, 0.3) is 0 Å². The topological polar surface area (TPSA) is 55.4 Å². The van der Waals surface area contributed by atoms with Gasteiger partial charge in [-0.2, -0.15) is 0 Å².